The molecule has 2 aromatic rings. The van der Waals surface area contributed by atoms with Crippen molar-refractivity contribution in [3.63, 3.8) is 0 Å². The minimum absolute atomic E-state index is 0. The van der Waals surface area contributed by atoms with Crippen LogP contribution >= 0.6 is 0 Å². The first-order valence-electron chi connectivity index (χ1n) is 5.71. The Hall–Kier alpha value is -1.98. The average molecular weight is 259 g/mol. The number of ether oxygens (including phenoxy) is 2. The molecule has 19 heavy (non-hydrogen) atoms. The fourth-order valence-corrected chi connectivity index (χ4v) is 1.47. The van der Waals surface area contributed by atoms with E-state index in [0.29, 0.717) is 6.61 Å². The standard InChI is InChI=1S/C14H14O2.BH2O2/c1-15-13-9-5-6-10-14(13)16-11-12-7-3-2-4-8-12;2-1-3/h2-10H,11H2,1H3;2-3H. The van der Waals surface area contributed by atoms with Crippen molar-refractivity contribution in [1.82, 2.24) is 0 Å². The predicted molar refractivity (Wildman–Crippen MR) is 74.0 cm³/mol. The molecule has 4 nitrogen and oxygen atoms in total. The zero-order valence-corrected chi connectivity index (χ0v) is 10.7. The molecule has 0 aliphatic carbocycles. The lowest BCUT2D eigenvalue weighted by Gasteiger charge is -2.09. The molecule has 1 radical (unpaired) electrons. The second-order valence-corrected chi connectivity index (χ2v) is 3.54. The smallest absolute Gasteiger partial charge is 0.482 e. The lowest BCUT2D eigenvalue weighted by molar-refractivity contribution is 0.284. The van der Waals surface area contributed by atoms with E-state index in [4.69, 9.17) is 19.5 Å². The molecular weight excluding hydrogens is 243 g/mol. The molecule has 2 rings (SSSR count). The molecule has 0 aliphatic rings. The predicted octanol–water partition coefficient (Wildman–Crippen LogP) is 1.78. The van der Waals surface area contributed by atoms with Crippen molar-refractivity contribution in [2.75, 3.05) is 7.11 Å². The highest BCUT2D eigenvalue weighted by molar-refractivity contribution is 6.13. The van der Waals surface area contributed by atoms with Gasteiger partial charge in [0.25, 0.3) is 0 Å². The van der Waals surface area contributed by atoms with E-state index in [1.54, 1.807) is 7.11 Å². The molecule has 99 valence electrons. The van der Waals surface area contributed by atoms with E-state index >= 15 is 0 Å². The summed E-state index contributed by atoms with van der Waals surface area (Å²) in [5.74, 6) is 1.53. The monoisotopic (exact) mass is 259 g/mol. The first-order valence-corrected chi connectivity index (χ1v) is 5.71. The second kappa shape index (κ2) is 9.02. The molecule has 0 heterocycles. The van der Waals surface area contributed by atoms with Gasteiger partial charge in [-0.3, -0.25) is 0 Å². The molecule has 0 spiro atoms. The van der Waals surface area contributed by atoms with Gasteiger partial charge in [-0.2, -0.15) is 0 Å². The summed E-state index contributed by atoms with van der Waals surface area (Å²) >= 11 is 0. The Balaban J connectivity index is 0.000000550. The zero-order chi connectivity index (χ0) is 13.9. The van der Waals surface area contributed by atoms with Gasteiger partial charge in [-0.05, 0) is 17.7 Å². The van der Waals surface area contributed by atoms with Crippen LogP contribution in [0.15, 0.2) is 54.6 Å². The molecule has 5 heteroatoms. The third-order valence-corrected chi connectivity index (χ3v) is 2.31. The Morgan fingerprint density at radius 3 is 2.00 bits per heavy atom. The van der Waals surface area contributed by atoms with Crippen LogP contribution in [0.5, 0.6) is 11.5 Å². The molecule has 0 saturated carbocycles. The summed E-state index contributed by atoms with van der Waals surface area (Å²) < 4.78 is 10.9. The van der Waals surface area contributed by atoms with E-state index in [2.05, 4.69) is 0 Å². The maximum atomic E-state index is 7.00. The summed E-state index contributed by atoms with van der Waals surface area (Å²) in [6, 6.07) is 17.7. The summed E-state index contributed by atoms with van der Waals surface area (Å²) in [5, 5.41) is 14.0. The van der Waals surface area contributed by atoms with E-state index in [1.165, 1.54) is 0 Å². The van der Waals surface area contributed by atoms with Crippen LogP contribution in [0.2, 0.25) is 0 Å². The molecule has 2 aromatic carbocycles. The van der Waals surface area contributed by atoms with Crippen LogP contribution in [0.3, 0.4) is 0 Å². The third-order valence-electron chi connectivity index (χ3n) is 2.31. The first kappa shape index (κ1) is 15.1. The van der Waals surface area contributed by atoms with Crippen LogP contribution in [0.1, 0.15) is 5.56 Å². The SMILES string of the molecule is COc1ccccc1OCc1ccccc1.O[B]O. The zero-order valence-electron chi connectivity index (χ0n) is 10.7. The van der Waals surface area contributed by atoms with Crippen LogP contribution in [-0.4, -0.2) is 24.8 Å². The number of para-hydroxylation sites is 2. The van der Waals surface area contributed by atoms with Gasteiger partial charge in [-0.15, -0.1) is 0 Å². The van der Waals surface area contributed by atoms with Crippen LogP contribution in [0.4, 0.5) is 0 Å². The van der Waals surface area contributed by atoms with Gasteiger partial charge in [0, 0.05) is 0 Å². The summed E-state index contributed by atoms with van der Waals surface area (Å²) in [4.78, 5) is 0. The third kappa shape index (κ3) is 5.46. The molecule has 0 aromatic heterocycles. The highest BCUT2D eigenvalue weighted by Crippen LogP contribution is 2.26. The normalized spacial score (nSPS) is 9.00. The highest BCUT2D eigenvalue weighted by Gasteiger charge is 2.02. The fourth-order valence-electron chi connectivity index (χ4n) is 1.47. The average Bonchev–Trinajstić information content (AvgIpc) is 2.47. The maximum absolute atomic E-state index is 7.00. The first-order chi connectivity index (χ1) is 9.31. The second-order valence-electron chi connectivity index (χ2n) is 3.54. The minimum atomic E-state index is 0. The largest absolute Gasteiger partial charge is 0.493 e. The molecule has 0 amide bonds. The van der Waals surface area contributed by atoms with Crippen molar-refractivity contribution in [3.05, 3.63) is 60.2 Å². The van der Waals surface area contributed by atoms with Crippen molar-refractivity contribution >= 4 is 7.69 Å². The number of hydrogen-bond donors (Lipinski definition) is 2. The van der Waals surface area contributed by atoms with Crippen LogP contribution in [-0.2, 0) is 6.61 Å². The Kier molecular flexibility index (Phi) is 7.16. The summed E-state index contributed by atoms with van der Waals surface area (Å²) in [6.07, 6.45) is 0. The van der Waals surface area contributed by atoms with Gasteiger partial charge >= 0.3 is 7.69 Å². The Labute approximate surface area is 113 Å². The summed E-state index contributed by atoms with van der Waals surface area (Å²) in [6.45, 7) is 0.557. The van der Waals surface area contributed by atoms with E-state index in [-0.39, 0.29) is 7.69 Å². The highest BCUT2D eigenvalue weighted by atomic mass is 16.5. The number of methoxy groups -OCH3 is 1. The van der Waals surface area contributed by atoms with E-state index in [9.17, 15) is 0 Å². The molecule has 0 saturated heterocycles. The molecule has 0 atom stereocenters. The van der Waals surface area contributed by atoms with Crippen LogP contribution < -0.4 is 9.47 Å². The number of hydrogen-bond acceptors (Lipinski definition) is 4. The fraction of sp³-hybridized carbons (Fsp3) is 0.143. The lowest BCUT2D eigenvalue weighted by Crippen LogP contribution is -1.96. The molecule has 0 aliphatic heterocycles. The van der Waals surface area contributed by atoms with Crippen LogP contribution in [0, 0.1) is 0 Å². The van der Waals surface area contributed by atoms with Gasteiger partial charge in [0.2, 0.25) is 0 Å². The van der Waals surface area contributed by atoms with Crippen molar-refractivity contribution in [3.8, 4) is 11.5 Å². The molecular formula is C14H16BO4. The minimum Gasteiger partial charge on any atom is -0.493 e. The van der Waals surface area contributed by atoms with Gasteiger partial charge in [0.05, 0.1) is 7.11 Å². The van der Waals surface area contributed by atoms with Gasteiger partial charge in [-0.25, -0.2) is 0 Å². The van der Waals surface area contributed by atoms with Gasteiger partial charge in [-0.1, -0.05) is 42.5 Å². The lowest BCUT2D eigenvalue weighted by atomic mass is 10.2. The molecule has 2 N–H and O–H groups in total. The van der Waals surface area contributed by atoms with E-state index in [0.717, 1.165) is 17.1 Å². The Morgan fingerprint density at radius 2 is 1.42 bits per heavy atom. The van der Waals surface area contributed by atoms with Crippen LogP contribution in [0.25, 0.3) is 0 Å². The Bertz CT molecular complexity index is 462. The topological polar surface area (TPSA) is 58.9 Å². The van der Waals surface area contributed by atoms with Crippen molar-refractivity contribution in [2.45, 2.75) is 6.61 Å². The molecule has 0 fully saturated rings. The van der Waals surface area contributed by atoms with E-state index in [1.807, 2.05) is 54.6 Å². The van der Waals surface area contributed by atoms with Crippen molar-refractivity contribution in [1.29, 1.82) is 0 Å². The molecule has 0 unspecified atom stereocenters. The maximum Gasteiger partial charge on any atom is 0.482 e. The summed E-state index contributed by atoms with van der Waals surface area (Å²) in [5.41, 5.74) is 1.15. The van der Waals surface area contributed by atoms with E-state index < -0.39 is 0 Å². The molecule has 0 bridgehead atoms. The van der Waals surface area contributed by atoms with Gasteiger partial charge in [0.15, 0.2) is 11.5 Å². The Morgan fingerprint density at radius 1 is 0.895 bits per heavy atom. The summed E-state index contributed by atoms with van der Waals surface area (Å²) in [7, 11) is 1.64. The quantitative estimate of drug-likeness (QED) is 0.821. The number of benzene rings is 2. The van der Waals surface area contributed by atoms with Gasteiger partial charge < -0.3 is 19.5 Å². The van der Waals surface area contributed by atoms with Crippen molar-refractivity contribution < 1.29 is 19.5 Å². The number of rotatable bonds is 4. The van der Waals surface area contributed by atoms with Crippen molar-refractivity contribution in [2.24, 2.45) is 0 Å². The van der Waals surface area contributed by atoms with Gasteiger partial charge in [0.1, 0.15) is 6.61 Å².